The molecule has 0 saturated carbocycles. The van der Waals surface area contributed by atoms with Crippen molar-refractivity contribution in [1.29, 1.82) is 0 Å². The van der Waals surface area contributed by atoms with E-state index in [4.69, 9.17) is 0 Å². The number of benzene rings is 1. The highest BCUT2D eigenvalue weighted by Crippen LogP contribution is 2.25. The molecule has 1 fully saturated rings. The van der Waals surface area contributed by atoms with E-state index in [2.05, 4.69) is 24.5 Å². The fourth-order valence-electron chi connectivity index (χ4n) is 2.76. The van der Waals surface area contributed by atoms with Crippen LogP contribution in [0.1, 0.15) is 32.3 Å². The van der Waals surface area contributed by atoms with E-state index in [0.717, 1.165) is 31.6 Å². The van der Waals surface area contributed by atoms with Crippen LogP contribution in [0.5, 0.6) is 0 Å². The quantitative estimate of drug-likeness (QED) is 0.704. The highest BCUT2D eigenvalue weighted by Gasteiger charge is 2.34. The van der Waals surface area contributed by atoms with E-state index in [1.807, 2.05) is 24.3 Å². The minimum atomic E-state index is -0.250. The van der Waals surface area contributed by atoms with Crippen molar-refractivity contribution in [3.63, 3.8) is 0 Å². The zero-order valence-electron chi connectivity index (χ0n) is 14.5. The first kappa shape index (κ1) is 20.5. The van der Waals surface area contributed by atoms with E-state index < -0.39 is 0 Å². The predicted octanol–water partition coefficient (Wildman–Crippen LogP) is 2.14. The number of nitrogens with zero attached hydrogens (tertiary/aromatic N) is 1. The second kappa shape index (κ2) is 10.3. The van der Waals surface area contributed by atoms with Gasteiger partial charge in [0, 0.05) is 31.7 Å². The van der Waals surface area contributed by atoms with Gasteiger partial charge in [0.15, 0.2) is 0 Å². The number of carbonyl (C=O) groups excluding carboxylic acids is 2. The molecule has 1 atom stereocenters. The van der Waals surface area contributed by atoms with Crippen molar-refractivity contribution in [1.82, 2.24) is 10.6 Å². The minimum Gasteiger partial charge on any atom is -0.355 e. The zero-order chi connectivity index (χ0) is 16.7. The maximum atomic E-state index is 12.2. The van der Waals surface area contributed by atoms with Gasteiger partial charge in [-0.25, -0.2) is 0 Å². The maximum absolute atomic E-state index is 12.2. The van der Waals surface area contributed by atoms with Crippen LogP contribution in [0.2, 0.25) is 0 Å². The number of amides is 2. The Balaban J connectivity index is 0.00000288. The fraction of sp³-hybridized carbons (Fsp3) is 0.556. The van der Waals surface area contributed by atoms with E-state index in [1.165, 1.54) is 5.56 Å². The summed E-state index contributed by atoms with van der Waals surface area (Å²) in [6.07, 6.45) is 2.35. The largest absolute Gasteiger partial charge is 0.355 e. The van der Waals surface area contributed by atoms with Gasteiger partial charge in [0.2, 0.25) is 11.8 Å². The summed E-state index contributed by atoms with van der Waals surface area (Å²) in [7, 11) is 0. The van der Waals surface area contributed by atoms with Crippen molar-refractivity contribution < 1.29 is 9.59 Å². The Morgan fingerprint density at radius 1 is 1.17 bits per heavy atom. The third-order valence-corrected chi connectivity index (χ3v) is 4.18. The van der Waals surface area contributed by atoms with E-state index in [0.29, 0.717) is 19.5 Å². The molecule has 134 valence electrons. The van der Waals surface area contributed by atoms with Crippen LogP contribution in [0, 0.1) is 5.92 Å². The molecular weight excluding hydrogens is 326 g/mol. The highest BCUT2D eigenvalue weighted by molar-refractivity contribution is 6.00. The summed E-state index contributed by atoms with van der Waals surface area (Å²) in [5.41, 5.74) is 2.13. The summed E-state index contributed by atoms with van der Waals surface area (Å²) in [5, 5.41) is 6.16. The Morgan fingerprint density at radius 3 is 2.50 bits per heavy atom. The minimum absolute atomic E-state index is 0. The second-order valence-electron chi connectivity index (χ2n) is 5.97. The van der Waals surface area contributed by atoms with E-state index >= 15 is 0 Å². The Kier molecular flexibility index (Phi) is 8.79. The average molecular weight is 354 g/mol. The molecule has 1 aliphatic heterocycles. The molecule has 1 aromatic carbocycles. The monoisotopic (exact) mass is 353 g/mol. The lowest BCUT2D eigenvalue weighted by Crippen LogP contribution is -2.37. The van der Waals surface area contributed by atoms with Gasteiger partial charge in [0.05, 0.1) is 5.92 Å². The topological polar surface area (TPSA) is 61.4 Å². The zero-order valence-corrected chi connectivity index (χ0v) is 15.3. The van der Waals surface area contributed by atoms with Crippen LogP contribution in [0.3, 0.4) is 0 Å². The first-order valence-corrected chi connectivity index (χ1v) is 8.53. The number of hydrogen-bond donors (Lipinski definition) is 2. The smallest absolute Gasteiger partial charge is 0.227 e. The van der Waals surface area contributed by atoms with Crippen LogP contribution < -0.4 is 15.5 Å². The normalized spacial score (nSPS) is 16.8. The lowest BCUT2D eigenvalue weighted by atomic mass is 10.1. The molecule has 2 rings (SSSR count). The third kappa shape index (κ3) is 5.49. The predicted molar refractivity (Wildman–Crippen MR) is 99.7 cm³/mol. The van der Waals surface area contributed by atoms with E-state index in [-0.39, 0.29) is 30.1 Å². The summed E-state index contributed by atoms with van der Waals surface area (Å²) in [5.74, 6) is -0.248. The van der Waals surface area contributed by atoms with Crippen molar-refractivity contribution >= 4 is 29.9 Å². The van der Waals surface area contributed by atoms with Crippen LogP contribution in [-0.4, -0.2) is 38.0 Å². The van der Waals surface area contributed by atoms with Gasteiger partial charge in [0.25, 0.3) is 0 Å². The van der Waals surface area contributed by atoms with Crippen molar-refractivity contribution in [2.24, 2.45) is 5.92 Å². The van der Waals surface area contributed by atoms with Gasteiger partial charge in [-0.15, -0.1) is 12.4 Å². The van der Waals surface area contributed by atoms with Gasteiger partial charge in [-0.2, -0.15) is 0 Å². The molecule has 0 bridgehead atoms. The molecule has 0 spiro atoms. The second-order valence-corrected chi connectivity index (χ2v) is 5.97. The average Bonchev–Trinajstić information content (AvgIpc) is 2.96. The van der Waals surface area contributed by atoms with Crippen molar-refractivity contribution in [3.05, 3.63) is 29.8 Å². The molecule has 2 N–H and O–H groups in total. The fourth-order valence-corrected chi connectivity index (χ4v) is 2.76. The van der Waals surface area contributed by atoms with E-state index in [1.54, 1.807) is 4.90 Å². The molecular formula is C18H28ClN3O2. The highest BCUT2D eigenvalue weighted by atomic mass is 35.5. The number of halogens is 1. The van der Waals surface area contributed by atoms with E-state index in [9.17, 15) is 9.59 Å². The molecule has 0 aliphatic carbocycles. The lowest BCUT2D eigenvalue weighted by molar-refractivity contribution is -0.126. The molecule has 1 aromatic rings. The van der Waals surface area contributed by atoms with Gasteiger partial charge in [0.1, 0.15) is 0 Å². The van der Waals surface area contributed by atoms with Crippen molar-refractivity contribution in [2.75, 3.05) is 31.1 Å². The third-order valence-electron chi connectivity index (χ3n) is 4.18. The number of rotatable bonds is 8. The summed E-state index contributed by atoms with van der Waals surface area (Å²) in [4.78, 5) is 26.1. The summed E-state index contributed by atoms with van der Waals surface area (Å²) in [6.45, 7) is 7.01. The lowest BCUT2D eigenvalue weighted by Gasteiger charge is -2.17. The summed E-state index contributed by atoms with van der Waals surface area (Å²) < 4.78 is 0. The molecule has 1 unspecified atom stereocenters. The van der Waals surface area contributed by atoms with Gasteiger partial charge in [-0.3, -0.25) is 9.59 Å². The molecule has 24 heavy (non-hydrogen) atoms. The van der Waals surface area contributed by atoms with Crippen molar-refractivity contribution in [3.8, 4) is 0 Å². The standard InChI is InChI=1S/C18H27N3O2.ClH/c1-3-9-19-10-11-20-18(23)15-12-17(22)21(13-15)16-7-5-14(4-2)6-8-16;/h5-8,15,19H,3-4,9-13H2,1-2H3,(H,20,23);1H. The number of anilines is 1. The first-order chi connectivity index (χ1) is 11.2. The molecule has 1 saturated heterocycles. The molecule has 6 heteroatoms. The number of hydrogen-bond acceptors (Lipinski definition) is 3. The maximum Gasteiger partial charge on any atom is 0.227 e. The summed E-state index contributed by atoms with van der Waals surface area (Å²) >= 11 is 0. The Hall–Kier alpha value is -1.59. The van der Waals surface area contributed by atoms with Gasteiger partial charge >= 0.3 is 0 Å². The van der Waals surface area contributed by atoms with Crippen LogP contribution in [0.15, 0.2) is 24.3 Å². The molecule has 0 aromatic heterocycles. The van der Waals surface area contributed by atoms with Crippen LogP contribution >= 0.6 is 12.4 Å². The summed E-state index contributed by atoms with van der Waals surface area (Å²) in [6, 6.07) is 8.00. The van der Waals surface area contributed by atoms with Gasteiger partial charge in [-0.05, 0) is 37.1 Å². The van der Waals surface area contributed by atoms with Crippen LogP contribution in [-0.2, 0) is 16.0 Å². The Morgan fingerprint density at radius 2 is 1.88 bits per heavy atom. The molecule has 5 nitrogen and oxygen atoms in total. The molecule has 2 amide bonds. The number of carbonyl (C=O) groups is 2. The molecule has 1 aliphatic rings. The SMILES string of the molecule is CCCNCCNC(=O)C1CC(=O)N(c2ccc(CC)cc2)C1.Cl. The van der Waals surface area contributed by atoms with Crippen molar-refractivity contribution in [2.45, 2.75) is 33.1 Å². The van der Waals surface area contributed by atoms with Gasteiger partial charge in [-0.1, -0.05) is 26.0 Å². The molecule has 0 radical (unpaired) electrons. The van der Waals surface area contributed by atoms with Crippen LogP contribution in [0.25, 0.3) is 0 Å². The number of nitrogens with one attached hydrogen (secondary N) is 2. The Labute approximate surface area is 150 Å². The number of aryl methyl sites for hydroxylation is 1. The Bertz CT molecular complexity index is 534. The van der Waals surface area contributed by atoms with Crippen LogP contribution in [0.4, 0.5) is 5.69 Å². The van der Waals surface area contributed by atoms with Gasteiger partial charge < -0.3 is 15.5 Å². The molecule has 1 heterocycles. The first-order valence-electron chi connectivity index (χ1n) is 8.53.